The van der Waals surface area contributed by atoms with Crippen LogP contribution in [0.5, 0.6) is 11.5 Å². The zero-order chi connectivity index (χ0) is 20.8. The van der Waals surface area contributed by atoms with Crippen molar-refractivity contribution >= 4 is 12.0 Å². The van der Waals surface area contributed by atoms with E-state index in [9.17, 15) is 9.59 Å². The summed E-state index contributed by atoms with van der Waals surface area (Å²) in [5.41, 5.74) is 1.73. The van der Waals surface area contributed by atoms with Crippen LogP contribution in [0.1, 0.15) is 38.3 Å². The summed E-state index contributed by atoms with van der Waals surface area (Å²) in [5.74, 6) is 0.714. The molecule has 29 heavy (non-hydrogen) atoms. The van der Waals surface area contributed by atoms with Gasteiger partial charge in [0.2, 0.25) is 0 Å². The standard InChI is InChI=1S/C21H29N3O5/c1-4-28-16-9-8-14(12-17(16)27-3)19-18(20(25)29-5-2)15(22-21(26)23-19)13-24-10-6-7-11-24/h8-9,12,19H,4-7,10-11,13H2,1-3H3,(H2,22,23,26). The molecular weight excluding hydrogens is 374 g/mol. The summed E-state index contributed by atoms with van der Waals surface area (Å²) in [6.45, 7) is 6.83. The minimum atomic E-state index is -0.634. The Morgan fingerprint density at radius 1 is 1.17 bits per heavy atom. The largest absolute Gasteiger partial charge is 0.493 e. The second kappa shape index (κ2) is 9.65. The van der Waals surface area contributed by atoms with E-state index < -0.39 is 12.0 Å². The summed E-state index contributed by atoms with van der Waals surface area (Å²) in [4.78, 5) is 27.5. The molecule has 1 atom stereocenters. The number of nitrogens with zero attached hydrogens (tertiary/aromatic N) is 1. The minimum absolute atomic E-state index is 0.257. The molecule has 1 aromatic carbocycles. The minimum Gasteiger partial charge on any atom is -0.493 e. The number of likely N-dealkylation sites (tertiary alicyclic amines) is 1. The fourth-order valence-corrected chi connectivity index (χ4v) is 3.75. The van der Waals surface area contributed by atoms with Crippen molar-refractivity contribution in [1.82, 2.24) is 15.5 Å². The van der Waals surface area contributed by atoms with Gasteiger partial charge in [-0.05, 0) is 57.5 Å². The summed E-state index contributed by atoms with van der Waals surface area (Å²) in [6.07, 6.45) is 2.24. The maximum absolute atomic E-state index is 12.9. The van der Waals surface area contributed by atoms with Crippen molar-refractivity contribution < 1.29 is 23.8 Å². The van der Waals surface area contributed by atoms with Gasteiger partial charge in [0.1, 0.15) is 0 Å². The Morgan fingerprint density at radius 2 is 1.93 bits per heavy atom. The Labute approximate surface area is 171 Å². The molecule has 1 unspecified atom stereocenters. The quantitative estimate of drug-likeness (QED) is 0.648. The van der Waals surface area contributed by atoms with Gasteiger partial charge < -0.3 is 24.8 Å². The fourth-order valence-electron chi connectivity index (χ4n) is 3.75. The molecule has 0 aliphatic carbocycles. The van der Waals surface area contributed by atoms with Gasteiger partial charge in [0.25, 0.3) is 0 Å². The number of urea groups is 1. The number of carbonyl (C=O) groups is 2. The lowest BCUT2D eigenvalue weighted by atomic mass is 9.94. The van der Waals surface area contributed by atoms with E-state index in [4.69, 9.17) is 14.2 Å². The van der Waals surface area contributed by atoms with Crippen LogP contribution in [-0.4, -0.2) is 56.9 Å². The van der Waals surface area contributed by atoms with Crippen molar-refractivity contribution in [2.24, 2.45) is 0 Å². The lowest BCUT2D eigenvalue weighted by molar-refractivity contribution is -0.139. The van der Waals surface area contributed by atoms with Crippen LogP contribution in [-0.2, 0) is 9.53 Å². The van der Waals surface area contributed by atoms with Crippen LogP contribution in [0.15, 0.2) is 29.5 Å². The highest BCUT2D eigenvalue weighted by molar-refractivity contribution is 5.95. The lowest BCUT2D eigenvalue weighted by Gasteiger charge is -2.31. The first kappa shape index (κ1) is 21.0. The number of benzene rings is 1. The van der Waals surface area contributed by atoms with E-state index in [0.29, 0.717) is 35.9 Å². The topological polar surface area (TPSA) is 89.1 Å². The van der Waals surface area contributed by atoms with Gasteiger partial charge in [0.05, 0.1) is 31.9 Å². The molecule has 8 nitrogen and oxygen atoms in total. The highest BCUT2D eigenvalue weighted by atomic mass is 16.5. The van der Waals surface area contributed by atoms with Crippen molar-refractivity contribution in [2.45, 2.75) is 32.7 Å². The molecule has 0 saturated carbocycles. The van der Waals surface area contributed by atoms with Crippen molar-refractivity contribution in [1.29, 1.82) is 0 Å². The molecular formula is C21H29N3O5. The van der Waals surface area contributed by atoms with Crippen LogP contribution in [0.25, 0.3) is 0 Å². The van der Waals surface area contributed by atoms with Crippen LogP contribution in [0.2, 0.25) is 0 Å². The molecule has 158 valence electrons. The van der Waals surface area contributed by atoms with E-state index >= 15 is 0 Å². The van der Waals surface area contributed by atoms with E-state index in [2.05, 4.69) is 15.5 Å². The number of ether oxygens (including phenoxy) is 3. The Morgan fingerprint density at radius 3 is 2.59 bits per heavy atom. The molecule has 1 fully saturated rings. The maximum Gasteiger partial charge on any atom is 0.338 e. The normalized spacial score (nSPS) is 19.6. The van der Waals surface area contributed by atoms with Crippen molar-refractivity contribution in [3.8, 4) is 11.5 Å². The van der Waals surface area contributed by atoms with Gasteiger partial charge in [0, 0.05) is 12.2 Å². The van der Waals surface area contributed by atoms with Crippen molar-refractivity contribution in [3.05, 3.63) is 35.0 Å². The lowest BCUT2D eigenvalue weighted by Crippen LogP contribution is -2.48. The summed E-state index contributed by atoms with van der Waals surface area (Å²) in [6, 6.07) is 4.43. The molecule has 0 bridgehead atoms. The predicted molar refractivity (Wildman–Crippen MR) is 108 cm³/mol. The van der Waals surface area contributed by atoms with Gasteiger partial charge in [0.15, 0.2) is 11.5 Å². The highest BCUT2D eigenvalue weighted by Gasteiger charge is 2.35. The molecule has 0 aromatic heterocycles. The number of rotatable bonds is 8. The molecule has 1 saturated heterocycles. The molecule has 0 spiro atoms. The third-order valence-corrected chi connectivity index (χ3v) is 5.05. The molecule has 2 aliphatic rings. The second-order valence-corrected chi connectivity index (χ2v) is 6.97. The average Bonchev–Trinajstić information content (AvgIpc) is 3.21. The summed E-state index contributed by atoms with van der Waals surface area (Å²) >= 11 is 0. The third kappa shape index (κ3) is 4.82. The number of hydrogen-bond donors (Lipinski definition) is 2. The molecule has 2 heterocycles. The molecule has 0 radical (unpaired) electrons. The number of esters is 1. The first-order valence-corrected chi connectivity index (χ1v) is 10.1. The van der Waals surface area contributed by atoms with Crippen LogP contribution < -0.4 is 20.1 Å². The fraction of sp³-hybridized carbons (Fsp3) is 0.524. The van der Waals surface area contributed by atoms with Gasteiger partial charge in [-0.1, -0.05) is 6.07 Å². The van der Waals surface area contributed by atoms with E-state index in [1.807, 2.05) is 13.0 Å². The van der Waals surface area contributed by atoms with E-state index in [-0.39, 0.29) is 12.6 Å². The Hall–Kier alpha value is -2.74. The number of amides is 2. The number of methoxy groups -OCH3 is 1. The Balaban J connectivity index is 2.01. The van der Waals surface area contributed by atoms with Crippen LogP contribution >= 0.6 is 0 Å². The monoisotopic (exact) mass is 403 g/mol. The molecule has 3 rings (SSSR count). The summed E-state index contributed by atoms with van der Waals surface area (Å²) in [5, 5.41) is 5.68. The maximum atomic E-state index is 12.9. The van der Waals surface area contributed by atoms with Crippen molar-refractivity contribution in [3.63, 3.8) is 0 Å². The number of nitrogens with one attached hydrogen (secondary N) is 2. The smallest absolute Gasteiger partial charge is 0.338 e. The molecule has 1 aromatic rings. The Kier molecular flexibility index (Phi) is 6.98. The van der Waals surface area contributed by atoms with Crippen LogP contribution in [0.4, 0.5) is 4.79 Å². The van der Waals surface area contributed by atoms with Gasteiger partial charge in [-0.15, -0.1) is 0 Å². The molecule has 2 amide bonds. The zero-order valence-electron chi connectivity index (χ0n) is 17.2. The number of carbonyl (C=O) groups excluding carboxylic acids is 2. The van der Waals surface area contributed by atoms with Gasteiger partial charge in [-0.2, -0.15) is 0 Å². The van der Waals surface area contributed by atoms with Crippen LogP contribution in [0, 0.1) is 0 Å². The SMILES string of the molecule is CCOC(=O)C1=C(CN2CCCC2)NC(=O)NC1c1ccc(OCC)c(OC)c1. The van der Waals surface area contributed by atoms with Crippen molar-refractivity contribution in [2.75, 3.05) is 40.0 Å². The van der Waals surface area contributed by atoms with E-state index in [1.165, 1.54) is 0 Å². The van der Waals surface area contributed by atoms with Gasteiger partial charge >= 0.3 is 12.0 Å². The zero-order valence-corrected chi connectivity index (χ0v) is 17.2. The van der Waals surface area contributed by atoms with Gasteiger partial charge in [-0.3, -0.25) is 4.90 Å². The second-order valence-electron chi connectivity index (χ2n) is 6.97. The van der Waals surface area contributed by atoms with E-state index in [1.54, 1.807) is 26.2 Å². The van der Waals surface area contributed by atoms with Crippen LogP contribution in [0.3, 0.4) is 0 Å². The summed E-state index contributed by atoms with van der Waals surface area (Å²) < 4.78 is 16.3. The first-order chi connectivity index (χ1) is 14.1. The molecule has 8 heteroatoms. The molecule has 2 N–H and O–H groups in total. The highest BCUT2D eigenvalue weighted by Crippen LogP contribution is 2.35. The molecule has 2 aliphatic heterocycles. The predicted octanol–water partition coefficient (Wildman–Crippen LogP) is 2.36. The third-order valence-electron chi connectivity index (χ3n) is 5.05. The number of hydrogen-bond acceptors (Lipinski definition) is 6. The Bertz CT molecular complexity index is 787. The average molecular weight is 403 g/mol. The van der Waals surface area contributed by atoms with Gasteiger partial charge in [-0.25, -0.2) is 9.59 Å². The van der Waals surface area contributed by atoms with E-state index in [0.717, 1.165) is 31.5 Å². The first-order valence-electron chi connectivity index (χ1n) is 10.1. The summed E-state index contributed by atoms with van der Waals surface area (Å²) in [7, 11) is 1.56.